The Morgan fingerprint density at radius 3 is 2.35 bits per heavy atom. The molecule has 0 saturated carbocycles. The fraction of sp³-hybridized carbons (Fsp3) is 0.667. The zero-order valence-electron chi connectivity index (χ0n) is 12.1. The smallest absolute Gasteiger partial charge is 0.263 e. The molecule has 0 aromatic heterocycles. The van der Waals surface area contributed by atoms with E-state index in [1.807, 2.05) is 6.92 Å². The van der Waals surface area contributed by atoms with E-state index in [-0.39, 0.29) is 0 Å². The summed E-state index contributed by atoms with van der Waals surface area (Å²) in [5.41, 5.74) is 1.30. The van der Waals surface area contributed by atoms with Gasteiger partial charge >= 0.3 is 17.8 Å². The van der Waals surface area contributed by atoms with Crippen molar-refractivity contribution in [1.82, 2.24) is 9.80 Å². The molecule has 0 bridgehead atoms. The van der Waals surface area contributed by atoms with E-state index in [1.54, 1.807) is 0 Å². The zero-order chi connectivity index (χ0) is 14.5. The van der Waals surface area contributed by atoms with Gasteiger partial charge in [0.2, 0.25) is 0 Å². The molecular formula is C15H22N2O3. The summed E-state index contributed by atoms with van der Waals surface area (Å²) >= 11 is 0. The van der Waals surface area contributed by atoms with Crippen LogP contribution in [0.4, 0.5) is 4.79 Å². The van der Waals surface area contributed by atoms with Gasteiger partial charge in [0, 0.05) is 13.1 Å². The van der Waals surface area contributed by atoms with Crippen molar-refractivity contribution >= 4 is 17.8 Å². The van der Waals surface area contributed by atoms with E-state index in [1.165, 1.54) is 18.4 Å². The Morgan fingerprint density at radius 2 is 1.75 bits per heavy atom. The maximum atomic E-state index is 12.1. The number of unbranched alkanes of at least 4 members (excludes halogenated alkanes) is 1. The van der Waals surface area contributed by atoms with Gasteiger partial charge in [-0.25, -0.2) is 4.79 Å². The van der Waals surface area contributed by atoms with Crippen molar-refractivity contribution < 1.29 is 14.4 Å². The van der Waals surface area contributed by atoms with Crippen LogP contribution in [0.2, 0.25) is 0 Å². The minimum absolute atomic E-state index is 0.331. The first kappa shape index (κ1) is 14.8. The third-order valence-corrected chi connectivity index (χ3v) is 3.91. The molecule has 2 aliphatic rings. The second-order valence-electron chi connectivity index (χ2n) is 5.41. The zero-order valence-corrected chi connectivity index (χ0v) is 12.1. The molecule has 0 N–H and O–H groups in total. The first-order valence-electron chi connectivity index (χ1n) is 7.50. The summed E-state index contributed by atoms with van der Waals surface area (Å²) in [7, 11) is 0. The largest absolute Gasteiger partial charge is 0.334 e. The van der Waals surface area contributed by atoms with Gasteiger partial charge in [0.25, 0.3) is 0 Å². The molecular weight excluding hydrogens is 256 g/mol. The SMILES string of the molecule is CCCCN1C(=O)C(=O)N(CCC2=CCCCC2)C1=O. The van der Waals surface area contributed by atoms with E-state index in [2.05, 4.69) is 6.08 Å². The quantitative estimate of drug-likeness (QED) is 0.426. The van der Waals surface area contributed by atoms with Crippen molar-refractivity contribution in [1.29, 1.82) is 0 Å². The predicted octanol–water partition coefficient (Wildman–Crippen LogP) is 2.47. The van der Waals surface area contributed by atoms with Gasteiger partial charge in [-0.05, 0) is 38.5 Å². The third-order valence-electron chi connectivity index (χ3n) is 3.91. The van der Waals surface area contributed by atoms with Gasteiger partial charge in [-0.1, -0.05) is 25.0 Å². The molecule has 1 aliphatic heterocycles. The first-order chi connectivity index (χ1) is 9.65. The lowest BCUT2D eigenvalue weighted by molar-refractivity contribution is -0.143. The number of urea groups is 1. The van der Waals surface area contributed by atoms with Gasteiger partial charge in [-0.15, -0.1) is 0 Å². The number of carbonyl (C=O) groups excluding carboxylic acids is 3. The van der Waals surface area contributed by atoms with Crippen LogP contribution in [-0.4, -0.2) is 40.7 Å². The molecule has 110 valence electrons. The van der Waals surface area contributed by atoms with Crippen LogP contribution < -0.4 is 0 Å². The van der Waals surface area contributed by atoms with Crippen molar-refractivity contribution in [3.63, 3.8) is 0 Å². The van der Waals surface area contributed by atoms with E-state index in [0.717, 1.165) is 35.5 Å². The van der Waals surface area contributed by atoms with Crippen molar-refractivity contribution in [3.8, 4) is 0 Å². The summed E-state index contributed by atoms with van der Waals surface area (Å²) in [4.78, 5) is 37.9. The molecule has 1 fully saturated rings. The Labute approximate surface area is 119 Å². The molecule has 5 nitrogen and oxygen atoms in total. The average molecular weight is 278 g/mol. The third kappa shape index (κ3) is 3.08. The predicted molar refractivity (Wildman–Crippen MR) is 74.9 cm³/mol. The molecule has 20 heavy (non-hydrogen) atoms. The summed E-state index contributed by atoms with van der Waals surface area (Å²) in [6.45, 7) is 2.66. The van der Waals surface area contributed by atoms with E-state index in [4.69, 9.17) is 0 Å². The number of amides is 4. The van der Waals surface area contributed by atoms with Gasteiger partial charge in [-0.2, -0.15) is 0 Å². The molecule has 1 heterocycles. The fourth-order valence-electron chi connectivity index (χ4n) is 2.65. The van der Waals surface area contributed by atoms with Gasteiger partial charge in [0.15, 0.2) is 0 Å². The number of imide groups is 2. The molecule has 0 radical (unpaired) electrons. The molecule has 5 heteroatoms. The van der Waals surface area contributed by atoms with E-state index < -0.39 is 17.8 Å². The minimum Gasteiger partial charge on any atom is -0.263 e. The van der Waals surface area contributed by atoms with Gasteiger partial charge in [0.05, 0.1) is 0 Å². The summed E-state index contributed by atoms with van der Waals surface area (Å²) in [6, 6.07) is -0.440. The van der Waals surface area contributed by atoms with Crippen molar-refractivity contribution in [2.75, 3.05) is 13.1 Å². The van der Waals surface area contributed by atoms with Gasteiger partial charge in [0.1, 0.15) is 0 Å². The highest BCUT2D eigenvalue weighted by molar-refractivity contribution is 6.44. The van der Waals surface area contributed by atoms with Crippen LogP contribution in [-0.2, 0) is 9.59 Å². The summed E-state index contributed by atoms with van der Waals surface area (Å²) in [6.07, 6.45) is 9.05. The Hall–Kier alpha value is -1.65. The average Bonchev–Trinajstić information content (AvgIpc) is 2.67. The van der Waals surface area contributed by atoms with E-state index >= 15 is 0 Å². The van der Waals surface area contributed by atoms with Crippen LogP contribution in [0.15, 0.2) is 11.6 Å². The topological polar surface area (TPSA) is 57.7 Å². The number of hydrogen-bond donors (Lipinski definition) is 0. The van der Waals surface area contributed by atoms with Crippen molar-refractivity contribution in [3.05, 3.63) is 11.6 Å². The number of rotatable bonds is 6. The van der Waals surface area contributed by atoms with Crippen molar-refractivity contribution in [2.45, 2.75) is 51.9 Å². The Kier molecular flexibility index (Phi) is 4.93. The highest BCUT2D eigenvalue weighted by Gasteiger charge is 2.43. The molecule has 2 rings (SSSR count). The number of hydrogen-bond acceptors (Lipinski definition) is 3. The Balaban J connectivity index is 1.94. The van der Waals surface area contributed by atoms with Crippen LogP contribution in [0.25, 0.3) is 0 Å². The fourth-order valence-corrected chi connectivity index (χ4v) is 2.65. The Morgan fingerprint density at radius 1 is 1.05 bits per heavy atom. The lowest BCUT2D eigenvalue weighted by Gasteiger charge is -2.17. The molecule has 0 unspecified atom stereocenters. The van der Waals surface area contributed by atoms with Crippen LogP contribution in [0.5, 0.6) is 0 Å². The second-order valence-corrected chi connectivity index (χ2v) is 5.41. The summed E-state index contributed by atoms with van der Waals surface area (Å²) in [5, 5.41) is 0. The molecule has 0 aromatic rings. The van der Waals surface area contributed by atoms with Gasteiger partial charge in [-0.3, -0.25) is 19.4 Å². The summed E-state index contributed by atoms with van der Waals surface area (Å²) < 4.78 is 0. The standard InChI is InChI=1S/C15H22N2O3/c1-2-3-10-16-13(18)14(19)17(15(16)20)11-9-12-7-5-4-6-8-12/h7H,2-6,8-11H2,1H3. The first-order valence-corrected chi connectivity index (χ1v) is 7.50. The number of allylic oxidation sites excluding steroid dienone is 1. The molecule has 0 atom stereocenters. The van der Waals surface area contributed by atoms with Gasteiger partial charge < -0.3 is 0 Å². The Bertz CT molecular complexity index is 442. The molecule has 1 saturated heterocycles. The van der Waals surface area contributed by atoms with Crippen molar-refractivity contribution in [2.24, 2.45) is 0 Å². The van der Waals surface area contributed by atoms with Crippen LogP contribution >= 0.6 is 0 Å². The maximum absolute atomic E-state index is 12.1. The number of carbonyl (C=O) groups is 3. The molecule has 0 aromatic carbocycles. The van der Waals surface area contributed by atoms with E-state index in [9.17, 15) is 14.4 Å². The van der Waals surface area contributed by atoms with Crippen LogP contribution in [0.3, 0.4) is 0 Å². The summed E-state index contributed by atoms with van der Waals surface area (Å²) in [5.74, 6) is -1.33. The van der Waals surface area contributed by atoms with Crippen LogP contribution in [0.1, 0.15) is 51.9 Å². The lowest BCUT2D eigenvalue weighted by atomic mass is 9.97. The number of nitrogens with zero attached hydrogens (tertiary/aromatic N) is 2. The highest BCUT2D eigenvalue weighted by Crippen LogP contribution is 2.22. The minimum atomic E-state index is -0.666. The highest BCUT2D eigenvalue weighted by atomic mass is 16.2. The molecule has 1 aliphatic carbocycles. The maximum Gasteiger partial charge on any atom is 0.334 e. The second kappa shape index (κ2) is 6.68. The monoisotopic (exact) mass is 278 g/mol. The van der Waals surface area contributed by atoms with E-state index in [0.29, 0.717) is 19.5 Å². The molecule has 0 spiro atoms. The normalized spacial score (nSPS) is 19.9. The lowest BCUT2D eigenvalue weighted by Crippen LogP contribution is -2.34. The molecule has 4 amide bonds. The van der Waals surface area contributed by atoms with Crippen LogP contribution in [0, 0.1) is 0 Å².